The van der Waals surface area contributed by atoms with E-state index in [2.05, 4.69) is 4.98 Å². The first-order valence-electron chi connectivity index (χ1n) is 7.59. The van der Waals surface area contributed by atoms with Gasteiger partial charge in [-0.15, -0.1) is 0 Å². The number of pyridine rings is 1. The molecule has 0 unspecified atom stereocenters. The molecule has 122 valence electrons. The van der Waals surface area contributed by atoms with Gasteiger partial charge < -0.3 is 4.74 Å². The maximum absolute atomic E-state index is 11.9. The molecule has 5 heteroatoms. The fourth-order valence-electron chi connectivity index (χ4n) is 2.53. The molecule has 0 bridgehead atoms. The smallest absolute Gasteiger partial charge is 0.338 e. The predicted octanol–water partition coefficient (Wildman–Crippen LogP) is 5.31. The van der Waals surface area contributed by atoms with Crippen molar-refractivity contribution in [3.63, 3.8) is 0 Å². The third-order valence-corrected chi connectivity index (χ3v) is 4.44. The summed E-state index contributed by atoms with van der Waals surface area (Å²) in [5.41, 5.74) is 2.93. The Hall–Kier alpha value is -2.10. The van der Waals surface area contributed by atoms with Crippen LogP contribution in [-0.4, -0.2) is 17.6 Å². The van der Waals surface area contributed by atoms with Crippen LogP contribution < -0.4 is 0 Å². The number of halogens is 2. The first-order chi connectivity index (χ1) is 11.6. The minimum Gasteiger partial charge on any atom is -0.462 e. The van der Waals surface area contributed by atoms with Crippen molar-refractivity contribution in [2.24, 2.45) is 0 Å². The highest BCUT2D eigenvalue weighted by atomic mass is 35.5. The van der Waals surface area contributed by atoms with E-state index in [-0.39, 0.29) is 5.97 Å². The Balaban J connectivity index is 2.08. The van der Waals surface area contributed by atoms with Gasteiger partial charge in [0.25, 0.3) is 0 Å². The van der Waals surface area contributed by atoms with Crippen LogP contribution in [-0.2, 0) is 11.2 Å². The molecule has 0 spiro atoms. The van der Waals surface area contributed by atoms with E-state index >= 15 is 0 Å². The molecule has 0 atom stereocenters. The Kier molecular flexibility index (Phi) is 5.03. The molecule has 1 aromatic heterocycles. The number of ether oxygens (including phenoxy) is 1. The third-order valence-electron chi connectivity index (χ3n) is 3.70. The van der Waals surface area contributed by atoms with Gasteiger partial charge >= 0.3 is 5.97 Å². The van der Waals surface area contributed by atoms with E-state index in [9.17, 15) is 4.79 Å². The topological polar surface area (TPSA) is 39.2 Å². The second kappa shape index (κ2) is 7.20. The number of nitrogens with zero attached hydrogens (tertiary/aromatic N) is 1. The Morgan fingerprint density at radius 2 is 1.88 bits per heavy atom. The zero-order chi connectivity index (χ0) is 17.1. The molecule has 0 aliphatic carbocycles. The average molecular weight is 360 g/mol. The Labute approximate surface area is 150 Å². The first kappa shape index (κ1) is 16.7. The molecule has 3 nitrogen and oxygen atoms in total. The van der Waals surface area contributed by atoms with Crippen LogP contribution in [0.4, 0.5) is 0 Å². The van der Waals surface area contributed by atoms with Gasteiger partial charge in [0.2, 0.25) is 0 Å². The first-order valence-corrected chi connectivity index (χ1v) is 8.34. The van der Waals surface area contributed by atoms with Crippen molar-refractivity contribution in [2.45, 2.75) is 13.3 Å². The largest absolute Gasteiger partial charge is 0.462 e. The Morgan fingerprint density at radius 1 is 1.12 bits per heavy atom. The molecule has 0 N–H and O–H groups in total. The maximum Gasteiger partial charge on any atom is 0.338 e. The predicted molar refractivity (Wildman–Crippen MR) is 97.0 cm³/mol. The lowest BCUT2D eigenvalue weighted by molar-refractivity contribution is 0.0526. The summed E-state index contributed by atoms with van der Waals surface area (Å²) in [6.07, 6.45) is 0.574. The summed E-state index contributed by atoms with van der Waals surface area (Å²) in [5, 5.41) is 1.58. The average Bonchev–Trinajstić information content (AvgIpc) is 2.59. The van der Waals surface area contributed by atoms with Crippen molar-refractivity contribution in [1.82, 2.24) is 4.98 Å². The molecule has 0 fully saturated rings. The van der Waals surface area contributed by atoms with Gasteiger partial charge in [-0.3, -0.25) is 0 Å². The van der Waals surface area contributed by atoms with Crippen LogP contribution in [0.2, 0.25) is 10.2 Å². The van der Waals surface area contributed by atoms with Gasteiger partial charge in [-0.2, -0.15) is 0 Å². The van der Waals surface area contributed by atoms with Crippen LogP contribution in [0, 0.1) is 0 Å². The second-order valence-electron chi connectivity index (χ2n) is 5.31. The summed E-state index contributed by atoms with van der Waals surface area (Å²) in [7, 11) is 0. The molecule has 0 amide bonds. The van der Waals surface area contributed by atoms with E-state index in [1.807, 2.05) is 30.3 Å². The number of rotatable bonds is 4. The van der Waals surface area contributed by atoms with E-state index in [1.54, 1.807) is 25.1 Å². The van der Waals surface area contributed by atoms with Crippen molar-refractivity contribution < 1.29 is 9.53 Å². The zero-order valence-corrected chi connectivity index (χ0v) is 14.6. The number of aromatic nitrogens is 1. The normalized spacial score (nSPS) is 10.8. The second-order valence-corrected chi connectivity index (χ2v) is 6.05. The minimum absolute atomic E-state index is 0.322. The fraction of sp³-hybridized carbons (Fsp3) is 0.158. The van der Waals surface area contributed by atoms with Crippen LogP contribution in [0.3, 0.4) is 0 Å². The van der Waals surface area contributed by atoms with Crippen LogP contribution in [0.5, 0.6) is 0 Å². The van der Waals surface area contributed by atoms with Gasteiger partial charge in [0.1, 0.15) is 5.15 Å². The molecule has 0 aliphatic rings. The van der Waals surface area contributed by atoms with E-state index < -0.39 is 0 Å². The summed E-state index contributed by atoms with van der Waals surface area (Å²) in [4.78, 5) is 16.3. The molecule has 0 saturated heterocycles. The van der Waals surface area contributed by atoms with Crippen LogP contribution in [0.25, 0.3) is 10.9 Å². The summed E-state index contributed by atoms with van der Waals surface area (Å²) in [5.74, 6) is -0.380. The fourth-order valence-corrected chi connectivity index (χ4v) is 3.14. The summed E-state index contributed by atoms with van der Waals surface area (Å²) in [6.45, 7) is 2.09. The molecule has 1 heterocycles. The van der Waals surface area contributed by atoms with E-state index in [1.165, 1.54) is 0 Å². The summed E-state index contributed by atoms with van der Waals surface area (Å²) >= 11 is 12.9. The Bertz CT molecular complexity index is 895. The molecule has 24 heavy (non-hydrogen) atoms. The van der Waals surface area contributed by atoms with Gasteiger partial charge in [-0.25, -0.2) is 9.78 Å². The number of carbonyl (C=O) groups is 1. The molecule has 0 radical (unpaired) electrons. The standard InChI is InChI=1S/C19H15Cl2NO2/c1-2-24-19(23)13-8-9-16-14(11-13)17(20)15(18(21)22-16)10-12-6-4-3-5-7-12/h3-9,11H,2,10H2,1H3. The lowest BCUT2D eigenvalue weighted by atomic mass is 10.0. The lowest BCUT2D eigenvalue weighted by Crippen LogP contribution is -2.04. The van der Waals surface area contributed by atoms with Gasteiger partial charge in [-0.1, -0.05) is 53.5 Å². The lowest BCUT2D eigenvalue weighted by Gasteiger charge is -2.11. The minimum atomic E-state index is -0.380. The van der Waals surface area contributed by atoms with Gasteiger partial charge in [-0.05, 0) is 30.7 Å². The SMILES string of the molecule is CCOC(=O)c1ccc2nc(Cl)c(Cc3ccccc3)c(Cl)c2c1. The number of esters is 1. The van der Waals surface area contributed by atoms with Crippen LogP contribution >= 0.6 is 23.2 Å². The molecular weight excluding hydrogens is 345 g/mol. The molecule has 3 rings (SSSR count). The third kappa shape index (κ3) is 3.37. The molecular formula is C19H15Cl2NO2. The van der Waals surface area contributed by atoms with E-state index in [0.29, 0.717) is 39.7 Å². The van der Waals surface area contributed by atoms with Crippen molar-refractivity contribution >= 4 is 40.1 Å². The molecule has 0 saturated carbocycles. The summed E-state index contributed by atoms with van der Waals surface area (Å²) in [6, 6.07) is 15.0. The van der Waals surface area contributed by atoms with Crippen molar-refractivity contribution in [3.8, 4) is 0 Å². The quantitative estimate of drug-likeness (QED) is 0.468. The van der Waals surface area contributed by atoms with E-state index in [0.717, 1.165) is 11.1 Å². The van der Waals surface area contributed by atoms with Crippen molar-refractivity contribution in [2.75, 3.05) is 6.61 Å². The summed E-state index contributed by atoms with van der Waals surface area (Å²) < 4.78 is 5.04. The number of hydrogen-bond acceptors (Lipinski definition) is 3. The van der Waals surface area contributed by atoms with Gasteiger partial charge in [0, 0.05) is 17.4 Å². The van der Waals surface area contributed by atoms with Crippen LogP contribution in [0.15, 0.2) is 48.5 Å². The molecule has 0 aliphatic heterocycles. The highest BCUT2D eigenvalue weighted by Gasteiger charge is 2.15. The highest BCUT2D eigenvalue weighted by Crippen LogP contribution is 2.33. The van der Waals surface area contributed by atoms with Crippen LogP contribution in [0.1, 0.15) is 28.4 Å². The number of hydrogen-bond donors (Lipinski definition) is 0. The number of benzene rings is 2. The molecule has 2 aromatic carbocycles. The Morgan fingerprint density at radius 3 is 2.58 bits per heavy atom. The number of fused-ring (bicyclic) bond motifs is 1. The maximum atomic E-state index is 11.9. The molecule has 3 aromatic rings. The van der Waals surface area contributed by atoms with Gasteiger partial charge in [0.15, 0.2) is 0 Å². The number of carbonyl (C=O) groups excluding carboxylic acids is 1. The van der Waals surface area contributed by atoms with Gasteiger partial charge in [0.05, 0.1) is 22.7 Å². The van der Waals surface area contributed by atoms with Crippen molar-refractivity contribution in [3.05, 3.63) is 75.4 Å². The highest BCUT2D eigenvalue weighted by molar-refractivity contribution is 6.39. The monoisotopic (exact) mass is 359 g/mol. The van der Waals surface area contributed by atoms with E-state index in [4.69, 9.17) is 27.9 Å². The zero-order valence-electron chi connectivity index (χ0n) is 13.1. The van der Waals surface area contributed by atoms with Crippen molar-refractivity contribution in [1.29, 1.82) is 0 Å².